The number of halogens is 1. The van der Waals surface area contributed by atoms with Gasteiger partial charge in [0.25, 0.3) is 5.69 Å². The average molecular weight is 262 g/mol. The van der Waals surface area contributed by atoms with Crippen LogP contribution in [0.3, 0.4) is 0 Å². The Morgan fingerprint density at radius 2 is 2.21 bits per heavy atom. The Hall–Kier alpha value is -0.980. The molecule has 0 aliphatic carbocycles. The summed E-state index contributed by atoms with van der Waals surface area (Å²) in [5.74, 6) is 0. The van der Waals surface area contributed by atoms with Crippen molar-refractivity contribution in [2.75, 3.05) is 6.61 Å². The Bertz CT molecular complexity index is 355. The molecule has 0 heterocycles. The minimum atomic E-state index is -1.22. The molecule has 1 aromatic carbocycles. The van der Waals surface area contributed by atoms with Gasteiger partial charge in [-0.2, -0.15) is 0 Å². The maximum atomic E-state index is 10.6. The Labute approximate surface area is 88.3 Å². The molecule has 76 valence electrons. The standard InChI is InChI=1S/C8H8BrNO4/c9-5-1-2-6(8(12)4-11)7(3-5)10(13)14/h1-3,8,11-12H,4H2. The van der Waals surface area contributed by atoms with Gasteiger partial charge < -0.3 is 10.2 Å². The number of rotatable bonds is 3. The summed E-state index contributed by atoms with van der Waals surface area (Å²) in [6.07, 6.45) is -1.22. The van der Waals surface area contributed by atoms with Crippen LogP contribution in [-0.2, 0) is 0 Å². The Balaban J connectivity index is 3.21. The molecule has 0 bridgehead atoms. The van der Waals surface area contributed by atoms with E-state index in [1.807, 2.05) is 0 Å². The number of nitro groups is 1. The second-order valence-corrected chi connectivity index (χ2v) is 3.57. The second-order valence-electron chi connectivity index (χ2n) is 2.66. The maximum Gasteiger partial charge on any atom is 0.276 e. The van der Waals surface area contributed by atoms with Gasteiger partial charge in [0.2, 0.25) is 0 Å². The normalized spacial score (nSPS) is 12.5. The largest absolute Gasteiger partial charge is 0.393 e. The lowest BCUT2D eigenvalue weighted by atomic mass is 10.1. The van der Waals surface area contributed by atoms with Gasteiger partial charge in [0.1, 0.15) is 6.10 Å². The van der Waals surface area contributed by atoms with Crippen molar-refractivity contribution in [1.82, 2.24) is 0 Å². The van der Waals surface area contributed by atoms with E-state index >= 15 is 0 Å². The third kappa shape index (κ3) is 2.28. The molecule has 0 saturated heterocycles. The van der Waals surface area contributed by atoms with Gasteiger partial charge in [-0.3, -0.25) is 10.1 Å². The highest BCUT2D eigenvalue weighted by Gasteiger charge is 2.19. The monoisotopic (exact) mass is 261 g/mol. The molecule has 6 heteroatoms. The summed E-state index contributed by atoms with van der Waals surface area (Å²) in [6.45, 7) is -0.539. The minimum Gasteiger partial charge on any atom is -0.393 e. The van der Waals surface area contributed by atoms with Crippen LogP contribution in [0.25, 0.3) is 0 Å². The molecule has 0 spiro atoms. The van der Waals surface area contributed by atoms with Gasteiger partial charge in [-0.1, -0.05) is 15.9 Å². The number of nitrogens with zero attached hydrogens (tertiary/aromatic N) is 1. The highest BCUT2D eigenvalue weighted by molar-refractivity contribution is 9.10. The van der Waals surface area contributed by atoms with Gasteiger partial charge in [0.15, 0.2) is 0 Å². The summed E-state index contributed by atoms with van der Waals surface area (Å²) < 4.78 is 0.554. The molecule has 2 N–H and O–H groups in total. The van der Waals surface area contributed by atoms with Gasteiger partial charge in [-0.15, -0.1) is 0 Å². The number of hydrogen-bond donors (Lipinski definition) is 2. The van der Waals surface area contributed by atoms with Crippen LogP contribution in [0.4, 0.5) is 5.69 Å². The van der Waals surface area contributed by atoms with Gasteiger partial charge in [0, 0.05) is 10.5 Å². The van der Waals surface area contributed by atoms with E-state index in [9.17, 15) is 15.2 Å². The first-order valence-electron chi connectivity index (χ1n) is 3.79. The molecule has 5 nitrogen and oxygen atoms in total. The molecule has 1 aromatic rings. The van der Waals surface area contributed by atoms with Crippen LogP contribution in [0.1, 0.15) is 11.7 Å². The summed E-state index contributed by atoms with van der Waals surface area (Å²) in [6, 6.07) is 4.26. The predicted octanol–water partition coefficient (Wildman–Crippen LogP) is 1.38. The molecule has 0 aromatic heterocycles. The van der Waals surface area contributed by atoms with Gasteiger partial charge >= 0.3 is 0 Å². The van der Waals surface area contributed by atoms with Gasteiger partial charge in [-0.05, 0) is 12.1 Å². The van der Waals surface area contributed by atoms with Crippen molar-refractivity contribution in [3.05, 3.63) is 38.3 Å². The number of benzene rings is 1. The molecule has 1 atom stereocenters. The highest BCUT2D eigenvalue weighted by Crippen LogP contribution is 2.28. The third-order valence-electron chi connectivity index (χ3n) is 1.72. The lowest BCUT2D eigenvalue weighted by Gasteiger charge is -2.07. The van der Waals surface area contributed by atoms with Crippen LogP contribution in [0.15, 0.2) is 22.7 Å². The molecule has 0 saturated carbocycles. The SMILES string of the molecule is O=[N+]([O-])c1cc(Br)ccc1C(O)CO. The van der Waals surface area contributed by atoms with E-state index < -0.39 is 17.6 Å². The van der Waals surface area contributed by atoms with Crippen molar-refractivity contribution < 1.29 is 15.1 Å². The molecule has 0 aliphatic rings. The lowest BCUT2D eigenvalue weighted by molar-refractivity contribution is -0.386. The molecule has 1 unspecified atom stereocenters. The van der Waals surface area contributed by atoms with E-state index in [1.165, 1.54) is 12.1 Å². The summed E-state index contributed by atoms with van der Waals surface area (Å²) in [4.78, 5) is 9.99. The zero-order chi connectivity index (χ0) is 10.7. The van der Waals surface area contributed by atoms with Crippen molar-refractivity contribution >= 4 is 21.6 Å². The summed E-state index contributed by atoms with van der Waals surface area (Å²) in [5, 5.41) is 28.5. The van der Waals surface area contributed by atoms with Crippen molar-refractivity contribution in [2.45, 2.75) is 6.10 Å². The zero-order valence-electron chi connectivity index (χ0n) is 7.05. The molecule has 0 radical (unpaired) electrons. The molecule has 0 aliphatic heterocycles. The molecular formula is C8H8BrNO4. The Kier molecular flexibility index (Phi) is 3.56. The lowest BCUT2D eigenvalue weighted by Crippen LogP contribution is -2.05. The Morgan fingerprint density at radius 3 is 2.71 bits per heavy atom. The highest BCUT2D eigenvalue weighted by atomic mass is 79.9. The minimum absolute atomic E-state index is 0.112. The van der Waals surface area contributed by atoms with E-state index in [2.05, 4.69) is 15.9 Å². The zero-order valence-corrected chi connectivity index (χ0v) is 8.64. The van der Waals surface area contributed by atoms with Crippen LogP contribution >= 0.6 is 15.9 Å². The molecule has 1 rings (SSSR count). The first-order chi connectivity index (χ1) is 6.56. The van der Waals surface area contributed by atoms with Crippen molar-refractivity contribution in [3.63, 3.8) is 0 Å². The molecule has 0 fully saturated rings. The molecule has 14 heavy (non-hydrogen) atoms. The molecule has 0 amide bonds. The maximum absolute atomic E-state index is 10.6. The van der Waals surface area contributed by atoms with E-state index in [0.29, 0.717) is 4.47 Å². The second kappa shape index (κ2) is 4.50. The fraction of sp³-hybridized carbons (Fsp3) is 0.250. The molecular weight excluding hydrogens is 254 g/mol. The van der Waals surface area contributed by atoms with E-state index in [4.69, 9.17) is 5.11 Å². The quantitative estimate of drug-likeness (QED) is 0.636. The van der Waals surface area contributed by atoms with Crippen LogP contribution in [0, 0.1) is 10.1 Å². The fourth-order valence-corrected chi connectivity index (χ4v) is 1.40. The average Bonchev–Trinajstić information content (AvgIpc) is 2.16. The smallest absolute Gasteiger partial charge is 0.276 e. The number of nitro benzene ring substituents is 1. The van der Waals surface area contributed by atoms with Crippen LogP contribution in [0.2, 0.25) is 0 Å². The van der Waals surface area contributed by atoms with E-state index in [0.717, 1.165) is 0 Å². The van der Waals surface area contributed by atoms with E-state index in [1.54, 1.807) is 6.07 Å². The first kappa shape index (κ1) is 11.1. The van der Waals surface area contributed by atoms with Crippen molar-refractivity contribution in [3.8, 4) is 0 Å². The van der Waals surface area contributed by atoms with Crippen LogP contribution < -0.4 is 0 Å². The number of aliphatic hydroxyl groups is 2. The Morgan fingerprint density at radius 1 is 1.57 bits per heavy atom. The fourth-order valence-electron chi connectivity index (χ4n) is 1.06. The van der Waals surface area contributed by atoms with Crippen LogP contribution in [-0.4, -0.2) is 21.7 Å². The number of aliphatic hydroxyl groups excluding tert-OH is 2. The van der Waals surface area contributed by atoms with Crippen LogP contribution in [0.5, 0.6) is 0 Å². The summed E-state index contributed by atoms with van der Waals surface area (Å²) in [5.41, 5.74) is -0.0957. The predicted molar refractivity (Wildman–Crippen MR) is 52.8 cm³/mol. The van der Waals surface area contributed by atoms with E-state index in [-0.39, 0.29) is 11.3 Å². The van der Waals surface area contributed by atoms with Crippen molar-refractivity contribution in [1.29, 1.82) is 0 Å². The first-order valence-corrected chi connectivity index (χ1v) is 4.58. The van der Waals surface area contributed by atoms with Crippen molar-refractivity contribution in [2.24, 2.45) is 0 Å². The summed E-state index contributed by atoms with van der Waals surface area (Å²) in [7, 11) is 0. The topological polar surface area (TPSA) is 83.6 Å². The third-order valence-corrected chi connectivity index (χ3v) is 2.21. The summed E-state index contributed by atoms with van der Waals surface area (Å²) >= 11 is 3.09. The number of hydrogen-bond acceptors (Lipinski definition) is 4. The van der Waals surface area contributed by atoms with Gasteiger partial charge in [-0.25, -0.2) is 0 Å². The van der Waals surface area contributed by atoms with Gasteiger partial charge in [0.05, 0.1) is 17.1 Å².